The van der Waals surface area contributed by atoms with Crippen LogP contribution in [0.25, 0.3) is 0 Å². The van der Waals surface area contributed by atoms with Crippen molar-refractivity contribution in [1.82, 2.24) is 20.3 Å². The van der Waals surface area contributed by atoms with Crippen LogP contribution in [0.1, 0.15) is 33.4 Å². The predicted octanol–water partition coefficient (Wildman–Crippen LogP) is 3.27. The van der Waals surface area contributed by atoms with Gasteiger partial charge >= 0.3 is 0 Å². The minimum absolute atomic E-state index is 0.174. The summed E-state index contributed by atoms with van der Waals surface area (Å²) in [6.45, 7) is 0.981. The van der Waals surface area contributed by atoms with Gasteiger partial charge in [0.1, 0.15) is 11.9 Å². The molecule has 8 heteroatoms. The van der Waals surface area contributed by atoms with Crippen molar-refractivity contribution in [2.45, 2.75) is 25.8 Å². The average molecular weight is 387 g/mol. The summed E-state index contributed by atoms with van der Waals surface area (Å²) in [5.41, 5.74) is 2.66. The van der Waals surface area contributed by atoms with E-state index in [1.165, 1.54) is 12.1 Å². The third kappa shape index (κ3) is 3.84. The number of rotatable bonds is 4. The van der Waals surface area contributed by atoms with E-state index in [-0.39, 0.29) is 36.7 Å². The monoisotopic (exact) mass is 386 g/mol. The summed E-state index contributed by atoms with van der Waals surface area (Å²) in [5, 5.41) is 11.5. The second-order valence-electron chi connectivity index (χ2n) is 6.23. The number of hydrogen-bond acceptors (Lipinski definition) is 4. The maximum absolute atomic E-state index is 12.9. The van der Waals surface area contributed by atoms with Gasteiger partial charge in [-0.3, -0.25) is 4.79 Å². The van der Waals surface area contributed by atoms with Gasteiger partial charge < -0.3 is 10.1 Å². The van der Waals surface area contributed by atoms with Crippen LogP contribution in [0.2, 0.25) is 5.02 Å². The molecule has 138 valence electrons. The van der Waals surface area contributed by atoms with Gasteiger partial charge in [0, 0.05) is 11.6 Å². The maximum atomic E-state index is 12.9. The molecule has 3 aromatic rings. The molecule has 1 aromatic heterocycles. The number of aromatic nitrogens is 3. The smallest absolute Gasteiger partial charge is 0.274 e. The van der Waals surface area contributed by atoms with Crippen molar-refractivity contribution in [3.05, 3.63) is 81.9 Å². The Kier molecular flexibility index (Phi) is 4.87. The van der Waals surface area contributed by atoms with Gasteiger partial charge in [-0.05, 0) is 35.4 Å². The summed E-state index contributed by atoms with van der Waals surface area (Å²) in [7, 11) is 0. The van der Waals surface area contributed by atoms with Crippen LogP contribution in [0.4, 0.5) is 4.39 Å². The summed E-state index contributed by atoms with van der Waals surface area (Å²) >= 11 is 5.92. The van der Waals surface area contributed by atoms with Crippen molar-refractivity contribution in [1.29, 1.82) is 0 Å². The van der Waals surface area contributed by atoms with Crippen molar-refractivity contribution in [3.63, 3.8) is 0 Å². The Morgan fingerprint density at radius 3 is 2.70 bits per heavy atom. The lowest BCUT2D eigenvalue weighted by atomic mass is 10.1. The van der Waals surface area contributed by atoms with Crippen molar-refractivity contribution in [3.8, 4) is 0 Å². The molecule has 0 saturated carbocycles. The molecule has 0 unspecified atom stereocenters. The third-order valence-electron chi connectivity index (χ3n) is 4.42. The molecule has 6 nitrogen and oxygen atoms in total. The average Bonchev–Trinajstić information content (AvgIpc) is 3.11. The standard InChI is InChI=1S/C19H16ClFN4O2/c20-14-5-3-13(4-6-14)17-10-25-16(11-27-17)18(23-24-25)19(26)22-9-12-1-7-15(21)8-2-12/h1-8,17H,9-11H2,(H,22,26)/t17-/m0/s1. The van der Waals surface area contributed by atoms with E-state index in [1.807, 2.05) is 24.3 Å². The Morgan fingerprint density at radius 1 is 1.22 bits per heavy atom. The molecular formula is C19H16ClFN4O2. The van der Waals surface area contributed by atoms with E-state index in [9.17, 15) is 9.18 Å². The van der Waals surface area contributed by atoms with E-state index < -0.39 is 0 Å². The summed E-state index contributed by atoms with van der Waals surface area (Å²) < 4.78 is 20.5. The molecule has 1 amide bonds. The second kappa shape index (κ2) is 7.46. The van der Waals surface area contributed by atoms with Gasteiger partial charge in [0.15, 0.2) is 5.69 Å². The molecule has 4 rings (SSSR count). The number of hydrogen-bond donors (Lipinski definition) is 1. The fraction of sp³-hybridized carbons (Fsp3) is 0.211. The van der Waals surface area contributed by atoms with Crippen LogP contribution in [0, 0.1) is 5.82 Å². The molecule has 1 aliphatic heterocycles. The molecule has 1 atom stereocenters. The molecule has 1 N–H and O–H groups in total. The fourth-order valence-electron chi connectivity index (χ4n) is 2.94. The topological polar surface area (TPSA) is 69.0 Å². The van der Waals surface area contributed by atoms with Crippen molar-refractivity contribution < 1.29 is 13.9 Å². The van der Waals surface area contributed by atoms with Crippen molar-refractivity contribution >= 4 is 17.5 Å². The highest BCUT2D eigenvalue weighted by Gasteiger charge is 2.27. The SMILES string of the molecule is O=C(NCc1ccc(F)cc1)c1nnn2c1CO[C@H](c1ccc(Cl)cc1)C2. The molecule has 2 heterocycles. The first-order valence-corrected chi connectivity index (χ1v) is 8.80. The Morgan fingerprint density at radius 2 is 1.96 bits per heavy atom. The molecule has 0 radical (unpaired) electrons. The number of amides is 1. The normalized spacial score (nSPS) is 16.0. The highest BCUT2D eigenvalue weighted by atomic mass is 35.5. The predicted molar refractivity (Wildman–Crippen MR) is 96.6 cm³/mol. The Labute approximate surface area is 159 Å². The lowest BCUT2D eigenvalue weighted by Gasteiger charge is -2.24. The number of carbonyl (C=O) groups is 1. The van der Waals surface area contributed by atoms with Crippen LogP contribution in [-0.2, 0) is 24.4 Å². The largest absolute Gasteiger partial charge is 0.365 e. The van der Waals surface area contributed by atoms with Crippen LogP contribution in [0.5, 0.6) is 0 Å². The van der Waals surface area contributed by atoms with E-state index in [2.05, 4.69) is 15.6 Å². The molecule has 27 heavy (non-hydrogen) atoms. The quantitative estimate of drug-likeness (QED) is 0.747. The molecule has 0 saturated heterocycles. The summed E-state index contributed by atoms with van der Waals surface area (Å²) in [6.07, 6.45) is -0.174. The highest BCUT2D eigenvalue weighted by molar-refractivity contribution is 6.30. The van der Waals surface area contributed by atoms with E-state index in [0.717, 1.165) is 11.1 Å². The van der Waals surface area contributed by atoms with E-state index >= 15 is 0 Å². The first-order chi connectivity index (χ1) is 13.1. The second-order valence-corrected chi connectivity index (χ2v) is 6.66. The number of nitrogens with one attached hydrogen (secondary N) is 1. The number of ether oxygens (including phenoxy) is 1. The minimum atomic E-state index is -0.339. The molecule has 0 aliphatic carbocycles. The maximum Gasteiger partial charge on any atom is 0.274 e. The molecule has 2 aromatic carbocycles. The van der Waals surface area contributed by atoms with Gasteiger partial charge in [0.25, 0.3) is 5.91 Å². The van der Waals surface area contributed by atoms with Gasteiger partial charge in [0.2, 0.25) is 0 Å². The minimum Gasteiger partial charge on any atom is -0.365 e. The number of halogens is 2. The first-order valence-electron chi connectivity index (χ1n) is 8.42. The summed E-state index contributed by atoms with van der Waals surface area (Å²) in [5.74, 6) is -0.654. The Bertz CT molecular complexity index is 957. The lowest BCUT2D eigenvalue weighted by molar-refractivity contribution is -0.00177. The van der Waals surface area contributed by atoms with Crippen LogP contribution in [0.15, 0.2) is 48.5 Å². The highest BCUT2D eigenvalue weighted by Crippen LogP contribution is 2.27. The summed E-state index contributed by atoms with van der Waals surface area (Å²) in [6, 6.07) is 13.4. The first kappa shape index (κ1) is 17.6. The van der Waals surface area contributed by atoms with Gasteiger partial charge in [-0.15, -0.1) is 5.10 Å². The van der Waals surface area contributed by atoms with E-state index in [0.29, 0.717) is 17.3 Å². The van der Waals surface area contributed by atoms with Gasteiger partial charge in [-0.25, -0.2) is 9.07 Å². The summed E-state index contributed by atoms with van der Waals surface area (Å²) in [4.78, 5) is 12.4. The molecular weight excluding hydrogens is 371 g/mol. The van der Waals surface area contributed by atoms with Gasteiger partial charge in [-0.2, -0.15) is 0 Å². The van der Waals surface area contributed by atoms with Gasteiger partial charge in [0.05, 0.1) is 18.8 Å². The van der Waals surface area contributed by atoms with Crippen LogP contribution in [-0.4, -0.2) is 20.9 Å². The zero-order chi connectivity index (χ0) is 18.8. The van der Waals surface area contributed by atoms with Gasteiger partial charge in [-0.1, -0.05) is 41.1 Å². The number of benzene rings is 2. The van der Waals surface area contributed by atoms with Crippen molar-refractivity contribution in [2.24, 2.45) is 0 Å². The third-order valence-corrected chi connectivity index (χ3v) is 4.67. The molecule has 1 aliphatic rings. The fourth-order valence-corrected chi connectivity index (χ4v) is 3.06. The zero-order valence-corrected chi connectivity index (χ0v) is 15.0. The molecule has 0 fully saturated rings. The van der Waals surface area contributed by atoms with Crippen LogP contribution < -0.4 is 5.32 Å². The Balaban J connectivity index is 1.43. The number of nitrogens with zero attached hydrogens (tertiary/aromatic N) is 3. The van der Waals surface area contributed by atoms with E-state index in [4.69, 9.17) is 16.3 Å². The van der Waals surface area contributed by atoms with E-state index in [1.54, 1.807) is 16.8 Å². The zero-order valence-electron chi connectivity index (χ0n) is 14.2. The Hall–Kier alpha value is -2.77. The van der Waals surface area contributed by atoms with Crippen LogP contribution in [0.3, 0.4) is 0 Å². The number of carbonyl (C=O) groups excluding carboxylic acids is 1. The molecule has 0 spiro atoms. The van der Waals surface area contributed by atoms with Crippen LogP contribution >= 0.6 is 11.6 Å². The lowest BCUT2D eigenvalue weighted by Crippen LogP contribution is -2.27. The molecule has 0 bridgehead atoms. The number of fused-ring (bicyclic) bond motifs is 1. The van der Waals surface area contributed by atoms with Crippen molar-refractivity contribution in [2.75, 3.05) is 0 Å².